The molecule has 2 aliphatic heterocycles. The van der Waals surface area contributed by atoms with E-state index in [9.17, 15) is 9.59 Å². The zero-order valence-corrected chi connectivity index (χ0v) is 51.8. The summed E-state index contributed by atoms with van der Waals surface area (Å²) >= 11 is 26.0. The number of hydrogen-bond acceptors (Lipinski definition) is 16. The number of carbonyl (C=O) groups excluding carboxylic acids is 2. The third-order valence-corrected chi connectivity index (χ3v) is 15.3. The van der Waals surface area contributed by atoms with Crippen LogP contribution in [0.2, 0.25) is 20.1 Å². The molecule has 0 fully saturated rings. The Morgan fingerprint density at radius 1 is 0.465 bits per heavy atom. The maximum Gasteiger partial charge on any atom is 0.314 e. The van der Waals surface area contributed by atoms with Gasteiger partial charge in [0.2, 0.25) is 0 Å². The number of carbonyl (C=O) groups is 2. The quantitative estimate of drug-likeness (QED) is 0.0279. The first kappa shape index (κ1) is 66.4. The van der Waals surface area contributed by atoms with E-state index >= 15 is 0 Å². The minimum Gasteiger partial charge on any atom is -0.377 e. The Morgan fingerprint density at radius 2 is 0.802 bits per heavy atom. The van der Waals surface area contributed by atoms with Crippen LogP contribution < -0.4 is 21.3 Å². The van der Waals surface area contributed by atoms with Gasteiger partial charge < -0.3 is 69.0 Å². The molecule has 4 heterocycles. The van der Waals surface area contributed by atoms with Crippen molar-refractivity contribution in [2.24, 2.45) is 0 Å². The normalized spacial score (nSPS) is 15.1. The molecule has 0 saturated heterocycles. The van der Waals surface area contributed by atoms with Gasteiger partial charge in [-0.3, -0.25) is 0 Å². The van der Waals surface area contributed by atoms with Crippen LogP contribution in [-0.2, 0) is 64.1 Å². The van der Waals surface area contributed by atoms with Crippen molar-refractivity contribution >= 4 is 58.5 Å². The van der Waals surface area contributed by atoms with Crippen LogP contribution in [0.25, 0.3) is 22.5 Å². The van der Waals surface area contributed by atoms with Crippen LogP contribution in [0, 0.1) is 0 Å². The standard InChI is InChI=1S/C60H78Cl4N12O10/c1-73-37-51(49-33-47(61)35-55(63)53(49)39-73)43-5-3-7-45(31-43)57-41-75(71-69-57)13-19-83-25-29-85-27-23-81-17-11-67-59(77)65-9-15-79-21-22-80-16-10-66-60(78)68-12-18-82-24-28-86-30-26-84-20-14-76-42-58(70-72-76)46-8-4-6-44(32-46)52-38-74(2)40-54-50(52)34-48(62)36-56(54)64/h3-8,31-36,41-42,51-52H,9-30,37-40H2,1-2H3,(H2,65,67,77)(H2,66,68,78)/t51-,52-/m0/s1. The van der Waals surface area contributed by atoms with E-state index in [1.54, 1.807) is 9.36 Å². The van der Waals surface area contributed by atoms with Gasteiger partial charge >= 0.3 is 12.1 Å². The Balaban J connectivity index is 0.530. The van der Waals surface area contributed by atoms with Gasteiger partial charge in [-0.15, -0.1) is 10.2 Å². The van der Waals surface area contributed by atoms with Gasteiger partial charge in [0.25, 0.3) is 0 Å². The van der Waals surface area contributed by atoms with Crippen LogP contribution in [0.4, 0.5) is 9.59 Å². The average Bonchev–Trinajstić information content (AvgIpc) is 1.26. The SMILES string of the molecule is CN1Cc2c(Cl)cc(Cl)cc2[C@H](c2cccc(-c3cn(CCOCCOCCOCCNC(=O)NCCOCCOCCNC(=O)NCCOCCOCCOCCn4cc(-c5cccc([C@@H]6CN(C)Cc7c(Cl)cc(Cl)cc76)c5)nn4)nn3)c2)C1. The molecule has 6 aromatic rings. The number of amides is 4. The highest BCUT2D eigenvalue weighted by atomic mass is 35.5. The maximum absolute atomic E-state index is 12.1. The lowest BCUT2D eigenvalue weighted by Crippen LogP contribution is -2.39. The lowest BCUT2D eigenvalue weighted by atomic mass is 9.84. The second-order valence-electron chi connectivity index (χ2n) is 20.7. The Labute approximate surface area is 522 Å². The molecule has 22 nitrogen and oxygen atoms in total. The Kier molecular flexibility index (Phi) is 27.9. The number of fused-ring (bicyclic) bond motifs is 2. The summed E-state index contributed by atoms with van der Waals surface area (Å²) in [7, 11) is 4.20. The lowest BCUT2D eigenvalue weighted by Gasteiger charge is -2.33. The highest BCUT2D eigenvalue weighted by Gasteiger charge is 2.29. The predicted octanol–water partition coefficient (Wildman–Crippen LogP) is 7.40. The first-order valence-corrected chi connectivity index (χ1v) is 30.5. The number of hydrogen-bond donors (Lipinski definition) is 4. The molecule has 0 bridgehead atoms. The number of aromatic nitrogens is 6. The maximum atomic E-state index is 12.1. The third kappa shape index (κ3) is 21.6. The van der Waals surface area contributed by atoms with E-state index < -0.39 is 0 Å². The number of likely N-dealkylation sites (N-methyl/N-ethyl adjacent to an activating group) is 2. The summed E-state index contributed by atoms with van der Waals surface area (Å²) in [6, 6.07) is 23.8. The van der Waals surface area contributed by atoms with Crippen LogP contribution in [0.1, 0.15) is 45.2 Å². The Bertz CT molecular complexity index is 2850. The molecule has 8 rings (SSSR count). The lowest BCUT2D eigenvalue weighted by molar-refractivity contribution is 0.0135. The molecule has 466 valence electrons. The van der Waals surface area contributed by atoms with E-state index in [0.29, 0.717) is 165 Å². The van der Waals surface area contributed by atoms with Crippen molar-refractivity contribution in [2.75, 3.05) is 159 Å². The number of ether oxygens (including phenoxy) is 8. The fraction of sp³-hybridized carbons (Fsp3) is 0.500. The van der Waals surface area contributed by atoms with E-state index in [4.69, 9.17) is 84.3 Å². The molecule has 0 saturated carbocycles. The van der Waals surface area contributed by atoms with Crippen LogP contribution in [0.15, 0.2) is 85.2 Å². The predicted molar refractivity (Wildman–Crippen MR) is 330 cm³/mol. The molecule has 4 aromatic carbocycles. The third-order valence-electron chi connectivity index (χ3n) is 14.1. The molecule has 86 heavy (non-hydrogen) atoms. The highest BCUT2D eigenvalue weighted by Crippen LogP contribution is 2.41. The smallest absolute Gasteiger partial charge is 0.314 e. The number of nitrogens with one attached hydrogen (secondary N) is 4. The fourth-order valence-electron chi connectivity index (χ4n) is 9.96. The fourth-order valence-corrected chi connectivity index (χ4v) is 11.1. The molecule has 0 unspecified atom stereocenters. The highest BCUT2D eigenvalue weighted by molar-refractivity contribution is 6.35. The number of rotatable bonds is 37. The van der Waals surface area contributed by atoms with E-state index in [1.165, 1.54) is 11.1 Å². The molecule has 26 heteroatoms. The van der Waals surface area contributed by atoms with Crippen LogP contribution in [0.3, 0.4) is 0 Å². The summed E-state index contributed by atoms with van der Waals surface area (Å²) in [4.78, 5) is 28.7. The summed E-state index contributed by atoms with van der Waals surface area (Å²) in [5, 5.41) is 31.1. The molecule has 0 radical (unpaired) electrons. The zero-order valence-electron chi connectivity index (χ0n) is 48.8. The zero-order chi connectivity index (χ0) is 60.3. The van der Waals surface area contributed by atoms with Gasteiger partial charge in [0, 0.05) is 95.4 Å². The van der Waals surface area contributed by atoms with Gasteiger partial charge in [0.15, 0.2) is 0 Å². The van der Waals surface area contributed by atoms with E-state index in [-0.39, 0.29) is 23.9 Å². The van der Waals surface area contributed by atoms with Gasteiger partial charge in [-0.05, 0) is 83.9 Å². The molecule has 0 aliphatic carbocycles. The minimum absolute atomic E-state index is 0.132. The molecule has 0 spiro atoms. The Morgan fingerprint density at radius 3 is 1.16 bits per heavy atom. The monoisotopic (exact) mass is 1270 g/mol. The first-order valence-electron chi connectivity index (χ1n) is 29.0. The van der Waals surface area contributed by atoms with E-state index in [1.807, 2.05) is 60.9 Å². The summed E-state index contributed by atoms with van der Waals surface area (Å²) < 4.78 is 48.4. The van der Waals surface area contributed by atoms with Gasteiger partial charge in [-0.1, -0.05) is 93.2 Å². The van der Waals surface area contributed by atoms with E-state index in [0.717, 1.165) is 70.9 Å². The average molecular weight is 1270 g/mol. The van der Waals surface area contributed by atoms with Crippen LogP contribution in [0.5, 0.6) is 0 Å². The summed E-state index contributed by atoms with van der Waals surface area (Å²) in [5.41, 5.74) is 10.4. The first-order chi connectivity index (χ1) is 42.0. The summed E-state index contributed by atoms with van der Waals surface area (Å²) in [6.07, 6.45) is 3.85. The number of urea groups is 2. The van der Waals surface area contributed by atoms with Crippen molar-refractivity contribution in [3.05, 3.63) is 139 Å². The molecule has 4 amide bonds. The van der Waals surface area contributed by atoms with Gasteiger partial charge in [0.05, 0.1) is 131 Å². The number of benzene rings is 4. The Hall–Kier alpha value is -5.54. The van der Waals surface area contributed by atoms with Crippen LogP contribution in [-0.4, -0.2) is 211 Å². The molecular formula is C60H78Cl4N12O10. The van der Waals surface area contributed by atoms with Crippen LogP contribution >= 0.6 is 46.4 Å². The topological polar surface area (TPSA) is 224 Å². The summed E-state index contributed by atoms with van der Waals surface area (Å²) in [5.74, 6) is 0.264. The van der Waals surface area contributed by atoms with Gasteiger partial charge in [-0.2, -0.15) is 0 Å². The van der Waals surface area contributed by atoms with Crippen molar-refractivity contribution < 1.29 is 47.5 Å². The largest absolute Gasteiger partial charge is 0.377 e. The second kappa shape index (κ2) is 36.1. The number of nitrogens with zero attached hydrogens (tertiary/aromatic N) is 8. The minimum atomic E-state index is -0.313. The summed E-state index contributed by atoms with van der Waals surface area (Å²) in [6.45, 7) is 12.0. The van der Waals surface area contributed by atoms with Gasteiger partial charge in [0.1, 0.15) is 11.4 Å². The molecule has 2 atom stereocenters. The van der Waals surface area contributed by atoms with Crippen molar-refractivity contribution in [3.8, 4) is 22.5 Å². The molecular weight excluding hydrogens is 1190 g/mol. The second-order valence-corrected chi connectivity index (χ2v) is 22.3. The number of halogens is 4. The van der Waals surface area contributed by atoms with Crippen molar-refractivity contribution in [1.29, 1.82) is 0 Å². The van der Waals surface area contributed by atoms with Gasteiger partial charge in [-0.25, -0.2) is 19.0 Å². The molecule has 2 aromatic heterocycles. The van der Waals surface area contributed by atoms with Crippen molar-refractivity contribution in [2.45, 2.75) is 38.0 Å². The van der Waals surface area contributed by atoms with Crippen molar-refractivity contribution in [1.82, 2.24) is 61.1 Å². The molecule has 4 N–H and O–H groups in total. The molecule has 2 aliphatic rings. The van der Waals surface area contributed by atoms with Crippen molar-refractivity contribution in [3.63, 3.8) is 0 Å². The van der Waals surface area contributed by atoms with E-state index in [2.05, 4.69) is 90.1 Å².